The second-order valence-corrected chi connectivity index (χ2v) is 10.4. The van der Waals surface area contributed by atoms with E-state index < -0.39 is 25.8 Å². The zero-order chi connectivity index (χ0) is 14.3. The van der Waals surface area contributed by atoms with Crippen molar-refractivity contribution in [1.29, 1.82) is 0 Å². The molecule has 2 atom stereocenters. The molecule has 2 saturated heterocycles. The van der Waals surface area contributed by atoms with E-state index in [1.807, 2.05) is 13.8 Å². The van der Waals surface area contributed by atoms with E-state index >= 15 is 0 Å². The lowest BCUT2D eigenvalue weighted by molar-refractivity contribution is 0.254. The molecule has 0 aliphatic carbocycles. The molecule has 2 fully saturated rings. The zero-order valence-corrected chi connectivity index (χ0v) is 13.6. The molecule has 0 amide bonds. The van der Waals surface area contributed by atoms with E-state index in [4.69, 9.17) is 0 Å². The van der Waals surface area contributed by atoms with Crippen molar-refractivity contribution in [2.45, 2.75) is 38.4 Å². The van der Waals surface area contributed by atoms with Gasteiger partial charge >= 0.3 is 0 Å². The lowest BCUT2D eigenvalue weighted by Gasteiger charge is -2.40. The standard InChI is InChI=1S/C12H24N2O3S2/c1-11-5-4-6-13(9-11)19(16,17)14-7-8-18(15)12(2,3)10-14/h11H,4-10H2,1-3H3/t11-,18-/m1/s1. The van der Waals surface area contributed by atoms with Gasteiger partial charge in [0.05, 0.1) is 4.75 Å². The smallest absolute Gasteiger partial charge is 0.259 e. The predicted molar refractivity (Wildman–Crippen MR) is 77.6 cm³/mol. The van der Waals surface area contributed by atoms with Gasteiger partial charge in [0.15, 0.2) is 0 Å². The molecule has 2 heterocycles. The fourth-order valence-corrected chi connectivity index (χ4v) is 6.13. The van der Waals surface area contributed by atoms with Gasteiger partial charge in [-0.15, -0.1) is 0 Å². The molecular weight excluding hydrogens is 284 g/mol. The van der Waals surface area contributed by atoms with Gasteiger partial charge < -0.3 is 0 Å². The highest BCUT2D eigenvalue weighted by Gasteiger charge is 2.41. The van der Waals surface area contributed by atoms with Crippen molar-refractivity contribution in [1.82, 2.24) is 8.61 Å². The first-order chi connectivity index (χ1) is 8.73. The van der Waals surface area contributed by atoms with Gasteiger partial charge in [-0.2, -0.15) is 17.0 Å². The third-order valence-corrected chi connectivity index (χ3v) is 7.84. The Kier molecular flexibility index (Phi) is 4.40. The van der Waals surface area contributed by atoms with Crippen LogP contribution in [0.5, 0.6) is 0 Å². The summed E-state index contributed by atoms with van der Waals surface area (Å²) in [6.07, 6.45) is 2.03. The minimum Gasteiger partial charge on any atom is -0.259 e. The number of piperidine rings is 1. The van der Waals surface area contributed by atoms with Crippen LogP contribution in [0.2, 0.25) is 0 Å². The first kappa shape index (κ1) is 15.4. The Morgan fingerprint density at radius 3 is 2.47 bits per heavy atom. The highest BCUT2D eigenvalue weighted by Crippen LogP contribution is 2.26. The summed E-state index contributed by atoms with van der Waals surface area (Å²) in [5.41, 5.74) is 0. The van der Waals surface area contributed by atoms with Gasteiger partial charge in [-0.05, 0) is 32.6 Å². The highest BCUT2D eigenvalue weighted by molar-refractivity contribution is 7.88. The molecule has 0 aromatic rings. The van der Waals surface area contributed by atoms with Gasteiger partial charge in [0.25, 0.3) is 10.2 Å². The fourth-order valence-electron chi connectivity index (χ4n) is 2.75. The first-order valence-corrected chi connectivity index (χ1v) is 9.59. The SMILES string of the molecule is C[C@@H]1CCCN(S(=O)(=O)N2CC[S@@](=O)C(C)(C)C2)C1. The summed E-state index contributed by atoms with van der Waals surface area (Å²) in [7, 11) is -4.32. The summed E-state index contributed by atoms with van der Waals surface area (Å²) >= 11 is 0. The van der Waals surface area contributed by atoms with Crippen LogP contribution in [-0.2, 0) is 21.0 Å². The maximum Gasteiger partial charge on any atom is 0.282 e. The van der Waals surface area contributed by atoms with E-state index in [1.54, 1.807) is 4.31 Å². The monoisotopic (exact) mass is 308 g/mol. The second kappa shape index (κ2) is 5.42. The summed E-state index contributed by atoms with van der Waals surface area (Å²) in [6.45, 7) is 7.81. The van der Waals surface area contributed by atoms with Crippen molar-refractivity contribution in [3.63, 3.8) is 0 Å². The average Bonchev–Trinajstić information content (AvgIpc) is 2.32. The maximum absolute atomic E-state index is 12.6. The van der Waals surface area contributed by atoms with E-state index in [9.17, 15) is 12.6 Å². The fraction of sp³-hybridized carbons (Fsp3) is 1.00. The van der Waals surface area contributed by atoms with Crippen molar-refractivity contribution in [3.05, 3.63) is 0 Å². The molecule has 5 nitrogen and oxygen atoms in total. The van der Waals surface area contributed by atoms with Crippen LogP contribution in [0, 0.1) is 5.92 Å². The summed E-state index contributed by atoms with van der Waals surface area (Å²) in [4.78, 5) is 0. The Hall–Kier alpha value is 0.0200. The molecule has 0 aromatic carbocycles. The van der Waals surface area contributed by atoms with Crippen molar-refractivity contribution in [2.24, 2.45) is 5.92 Å². The van der Waals surface area contributed by atoms with Gasteiger partial charge in [0.2, 0.25) is 0 Å². The third kappa shape index (κ3) is 3.20. The highest BCUT2D eigenvalue weighted by atomic mass is 32.2. The molecular formula is C12H24N2O3S2. The van der Waals surface area contributed by atoms with Crippen molar-refractivity contribution in [3.8, 4) is 0 Å². The lowest BCUT2D eigenvalue weighted by atomic mass is 10.0. The van der Waals surface area contributed by atoms with E-state index in [0.717, 1.165) is 12.8 Å². The molecule has 0 bridgehead atoms. The van der Waals surface area contributed by atoms with Gasteiger partial charge in [-0.3, -0.25) is 4.21 Å². The van der Waals surface area contributed by atoms with Crippen LogP contribution in [0.1, 0.15) is 33.6 Å². The van der Waals surface area contributed by atoms with Gasteiger partial charge in [-0.1, -0.05) is 6.92 Å². The minimum absolute atomic E-state index is 0.354. The summed E-state index contributed by atoms with van der Waals surface area (Å²) in [5, 5.41) is 0. The molecule has 0 aromatic heterocycles. The molecule has 0 N–H and O–H groups in total. The molecule has 7 heteroatoms. The summed E-state index contributed by atoms with van der Waals surface area (Å²) < 4.78 is 39.8. The Bertz CT molecular complexity index is 462. The molecule has 0 spiro atoms. The minimum atomic E-state index is -3.38. The Balaban J connectivity index is 2.14. The van der Waals surface area contributed by atoms with Crippen LogP contribution >= 0.6 is 0 Å². The Labute approximate surface area is 119 Å². The van der Waals surface area contributed by atoms with E-state index in [2.05, 4.69) is 6.92 Å². The number of nitrogens with zero attached hydrogens (tertiary/aromatic N) is 2. The zero-order valence-electron chi connectivity index (χ0n) is 12.0. The molecule has 0 unspecified atom stereocenters. The molecule has 112 valence electrons. The molecule has 0 radical (unpaired) electrons. The molecule has 2 rings (SSSR count). The number of hydrogen-bond acceptors (Lipinski definition) is 3. The maximum atomic E-state index is 12.6. The quantitative estimate of drug-likeness (QED) is 0.758. The molecule has 2 aliphatic rings. The van der Waals surface area contributed by atoms with Crippen molar-refractivity contribution in [2.75, 3.05) is 31.9 Å². The molecule has 19 heavy (non-hydrogen) atoms. The van der Waals surface area contributed by atoms with Gasteiger partial charge in [0, 0.05) is 42.7 Å². The van der Waals surface area contributed by atoms with Crippen LogP contribution < -0.4 is 0 Å². The average molecular weight is 308 g/mol. The summed E-state index contributed by atoms with van der Waals surface area (Å²) in [5.74, 6) is 0.866. The van der Waals surface area contributed by atoms with E-state index in [-0.39, 0.29) is 0 Å². The van der Waals surface area contributed by atoms with Gasteiger partial charge in [0.1, 0.15) is 0 Å². The molecule has 2 aliphatic heterocycles. The van der Waals surface area contributed by atoms with Crippen LogP contribution in [0.15, 0.2) is 0 Å². The number of hydrogen-bond donors (Lipinski definition) is 0. The van der Waals surface area contributed by atoms with E-state index in [0.29, 0.717) is 37.8 Å². The van der Waals surface area contributed by atoms with Crippen LogP contribution in [0.3, 0.4) is 0 Å². The van der Waals surface area contributed by atoms with E-state index in [1.165, 1.54) is 4.31 Å². The predicted octanol–water partition coefficient (Wildman–Crippen LogP) is 0.806. The lowest BCUT2D eigenvalue weighted by Crippen LogP contribution is -2.56. The summed E-state index contributed by atoms with van der Waals surface area (Å²) in [6, 6.07) is 0. The first-order valence-electron chi connectivity index (χ1n) is 6.87. The molecule has 0 saturated carbocycles. The van der Waals surface area contributed by atoms with Crippen molar-refractivity contribution >= 4 is 21.0 Å². The van der Waals surface area contributed by atoms with Crippen molar-refractivity contribution < 1.29 is 12.6 Å². The van der Waals surface area contributed by atoms with Crippen LogP contribution in [0.4, 0.5) is 0 Å². The Morgan fingerprint density at radius 2 is 1.89 bits per heavy atom. The van der Waals surface area contributed by atoms with Gasteiger partial charge in [-0.25, -0.2) is 0 Å². The second-order valence-electron chi connectivity index (χ2n) is 6.26. The third-order valence-electron chi connectivity index (χ3n) is 3.97. The normalized spacial score (nSPS) is 34.3. The largest absolute Gasteiger partial charge is 0.282 e. The topological polar surface area (TPSA) is 57.7 Å². The van der Waals surface area contributed by atoms with Crippen LogP contribution in [-0.4, -0.2) is 57.9 Å². The van der Waals surface area contributed by atoms with Crippen LogP contribution in [0.25, 0.3) is 0 Å². The Morgan fingerprint density at radius 1 is 1.21 bits per heavy atom. The number of rotatable bonds is 2.